The summed E-state index contributed by atoms with van der Waals surface area (Å²) < 4.78 is 24.8. The maximum atomic E-state index is 12.4. The van der Waals surface area contributed by atoms with Gasteiger partial charge in [-0.2, -0.15) is 0 Å². The highest BCUT2D eigenvalue weighted by Crippen LogP contribution is 2.39. The Morgan fingerprint density at radius 2 is 1.79 bits per heavy atom. The molecule has 0 bridgehead atoms. The number of hydrogen-bond donors (Lipinski definition) is 0. The molecular formula is C7H3Cl2F2NO2. The van der Waals surface area contributed by atoms with Crippen LogP contribution in [0.15, 0.2) is 12.1 Å². The van der Waals surface area contributed by atoms with Gasteiger partial charge in [-0.1, -0.05) is 23.2 Å². The standard InChI is InChI=1S/C7H3Cl2F2NO2/c8-3-1-2-4(9)6(12(13)14)5(3)7(10)11/h1-2,7H. The summed E-state index contributed by atoms with van der Waals surface area (Å²) in [4.78, 5) is 9.45. The number of hydrogen-bond acceptors (Lipinski definition) is 2. The molecule has 1 aromatic carbocycles. The third kappa shape index (κ3) is 1.93. The molecule has 3 nitrogen and oxygen atoms in total. The molecule has 0 unspecified atom stereocenters. The van der Waals surface area contributed by atoms with Crippen LogP contribution in [0.1, 0.15) is 12.0 Å². The van der Waals surface area contributed by atoms with Gasteiger partial charge in [0.2, 0.25) is 0 Å². The van der Waals surface area contributed by atoms with Crippen molar-refractivity contribution < 1.29 is 13.7 Å². The van der Waals surface area contributed by atoms with Crippen LogP contribution >= 0.6 is 23.2 Å². The summed E-state index contributed by atoms with van der Waals surface area (Å²) in [7, 11) is 0. The molecule has 76 valence electrons. The smallest absolute Gasteiger partial charge is 0.258 e. The lowest BCUT2D eigenvalue weighted by atomic mass is 10.2. The van der Waals surface area contributed by atoms with Crippen molar-refractivity contribution in [2.24, 2.45) is 0 Å². The minimum atomic E-state index is -3.03. The van der Waals surface area contributed by atoms with Gasteiger partial charge < -0.3 is 0 Å². The summed E-state index contributed by atoms with van der Waals surface area (Å²) in [6.07, 6.45) is -3.03. The second-order valence-electron chi connectivity index (χ2n) is 2.35. The van der Waals surface area contributed by atoms with Crippen LogP contribution in [0.25, 0.3) is 0 Å². The van der Waals surface area contributed by atoms with Crippen molar-refractivity contribution in [1.29, 1.82) is 0 Å². The molecule has 0 atom stereocenters. The van der Waals surface area contributed by atoms with E-state index < -0.39 is 22.6 Å². The van der Waals surface area contributed by atoms with Crippen molar-refractivity contribution in [3.05, 3.63) is 37.9 Å². The van der Waals surface area contributed by atoms with Crippen LogP contribution in [0, 0.1) is 10.1 Å². The largest absolute Gasteiger partial charge is 0.298 e. The van der Waals surface area contributed by atoms with Gasteiger partial charge in [0, 0.05) is 0 Å². The Bertz CT molecular complexity index is 384. The Labute approximate surface area is 87.4 Å². The van der Waals surface area contributed by atoms with E-state index in [1.807, 2.05) is 0 Å². The van der Waals surface area contributed by atoms with Crippen LogP contribution in [0.4, 0.5) is 14.5 Å². The summed E-state index contributed by atoms with van der Waals surface area (Å²) in [6, 6.07) is 2.20. The van der Waals surface area contributed by atoms with E-state index in [0.29, 0.717) is 0 Å². The second kappa shape index (κ2) is 4.06. The lowest BCUT2D eigenvalue weighted by molar-refractivity contribution is -0.386. The maximum Gasteiger partial charge on any atom is 0.298 e. The van der Waals surface area contributed by atoms with Gasteiger partial charge in [-0.25, -0.2) is 8.78 Å². The van der Waals surface area contributed by atoms with Crippen molar-refractivity contribution in [2.45, 2.75) is 6.43 Å². The second-order valence-corrected chi connectivity index (χ2v) is 3.16. The first kappa shape index (κ1) is 11.1. The van der Waals surface area contributed by atoms with Crippen LogP contribution in [0.5, 0.6) is 0 Å². The fourth-order valence-electron chi connectivity index (χ4n) is 0.950. The molecule has 0 aromatic heterocycles. The monoisotopic (exact) mass is 241 g/mol. The van der Waals surface area contributed by atoms with Gasteiger partial charge in [0.05, 0.1) is 9.95 Å². The first-order chi connectivity index (χ1) is 6.45. The summed E-state index contributed by atoms with van der Waals surface area (Å²) >= 11 is 10.8. The normalized spacial score (nSPS) is 10.6. The predicted octanol–water partition coefficient (Wildman–Crippen LogP) is 3.84. The van der Waals surface area contributed by atoms with Gasteiger partial charge in [-0.15, -0.1) is 0 Å². The molecule has 14 heavy (non-hydrogen) atoms. The predicted molar refractivity (Wildman–Crippen MR) is 48.1 cm³/mol. The van der Waals surface area contributed by atoms with E-state index in [-0.39, 0.29) is 10.0 Å². The quantitative estimate of drug-likeness (QED) is 0.584. The Hall–Kier alpha value is -0.940. The minimum Gasteiger partial charge on any atom is -0.258 e. The number of halogens is 4. The molecule has 0 fully saturated rings. The highest BCUT2D eigenvalue weighted by molar-refractivity contribution is 6.35. The molecule has 0 saturated carbocycles. The van der Waals surface area contributed by atoms with Gasteiger partial charge in [0.15, 0.2) is 0 Å². The Kier molecular flexibility index (Phi) is 3.23. The SMILES string of the molecule is O=[N+]([O-])c1c(Cl)ccc(Cl)c1C(F)F. The molecule has 0 radical (unpaired) electrons. The zero-order valence-corrected chi connectivity index (χ0v) is 8.02. The molecule has 0 amide bonds. The first-order valence-electron chi connectivity index (χ1n) is 3.35. The molecule has 0 aliphatic carbocycles. The van der Waals surface area contributed by atoms with Gasteiger partial charge in [0.25, 0.3) is 12.1 Å². The van der Waals surface area contributed by atoms with Crippen molar-refractivity contribution in [3.63, 3.8) is 0 Å². The number of benzene rings is 1. The molecule has 0 spiro atoms. The van der Waals surface area contributed by atoms with E-state index in [1.165, 1.54) is 0 Å². The molecule has 0 N–H and O–H groups in total. The van der Waals surface area contributed by atoms with Crippen LogP contribution in [-0.4, -0.2) is 4.92 Å². The molecule has 0 aliphatic heterocycles. The Balaban J connectivity index is 3.50. The van der Waals surface area contributed by atoms with Crippen molar-refractivity contribution >= 4 is 28.9 Å². The van der Waals surface area contributed by atoms with E-state index in [9.17, 15) is 18.9 Å². The zero-order valence-electron chi connectivity index (χ0n) is 6.51. The van der Waals surface area contributed by atoms with E-state index >= 15 is 0 Å². The molecule has 1 aromatic rings. The van der Waals surface area contributed by atoms with Crippen molar-refractivity contribution in [3.8, 4) is 0 Å². The van der Waals surface area contributed by atoms with E-state index in [0.717, 1.165) is 12.1 Å². The van der Waals surface area contributed by atoms with Gasteiger partial charge in [-0.05, 0) is 12.1 Å². The lowest BCUT2D eigenvalue weighted by Gasteiger charge is -2.04. The summed E-state index contributed by atoms with van der Waals surface area (Å²) in [6.45, 7) is 0. The topological polar surface area (TPSA) is 43.1 Å². The van der Waals surface area contributed by atoms with Gasteiger partial charge in [0.1, 0.15) is 10.6 Å². The minimum absolute atomic E-state index is 0.352. The zero-order chi connectivity index (χ0) is 10.9. The molecule has 0 heterocycles. The molecule has 1 rings (SSSR count). The van der Waals surface area contributed by atoms with Crippen LogP contribution in [0.2, 0.25) is 10.0 Å². The van der Waals surface area contributed by atoms with E-state index in [1.54, 1.807) is 0 Å². The fraction of sp³-hybridized carbons (Fsp3) is 0.143. The maximum absolute atomic E-state index is 12.4. The number of nitro groups is 1. The third-order valence-corrected chi connectivity index (χ3v) is 2.15. The first-order valence-corrected chi connectivity index (χ1v) is 4.11. The van der Waals surface area contributed by atoms with E-state index in [4.69, 9.17) is 23.2 Å². The summed E-state index contributed by atoms with van der Waals surface area (Å²) in [5.41, 5.74) is -1.68. The highest BCUT2D eigenvalue weighted by Gasteiger charge is 2.27. The number of rotatable bonds is 2. The lowest BCUT2D eigenvalue weighted by Crippen LogP contribution is -1.97. The fourth-order valence-corrected chi connectivity index (χ4v) is 1.42. The van der Waals surface area contributed by atoms with Gasteiger partial charge >= 0.3 is 0 Å². The number of nitro benzene ring substituents is 1. The van der Waals surface area contributed by atoms with E-state index in [2.05, 4.69) is 0 Å². The average Bonchev–Trinajstić information content (AvgIpc) is 2.07. The van der Waals surface area contributed by atoms with Crippen LogP contribution in [0.3, 0.4) is 0 Å². The summed E-state index contributed by atoms with van der Waals surface area (Å²) in [5, 5.41) is 9.71. The molecule has 0 saturated heterocycles. The highest BCUT2D eigenvalue weighted by atomic mass is 35.5. The van der Waals surface area contributed by atoms with Crippen LogP contribution < -0.4 is 0 Å². The molecular weight excluding hydrogens is 239 g/mol. The summed E-state index contributed by atoms with van der Waals surface area (Å²) in [5.74, 6) is 0. The molecule has 7 heteroatoms. The third-order valence-electron chi connectivity index (χ3n) is 1.52. The van der Waals surface area contributed by atoms with Crippen molar-refractivity contribution in [2.75, 3.05) is 0 Å². The van der Waals surface area contributed by atoms with Crippen molar-refractivity contribution in [1.82, 2.24) is 0 Å². The van der Waals surface area contributed by atoms with Crippen LogP contribution in [-0.2, 0) is 0 Å². The Morgan fingerprint density at radius 1 is 1.29 bits per heavy atom. The molecule has 0 aliphatic rings. The number of alkyl halides is 2. The average molecular weight is 242 g/mol. The Morgan fingerprint density at radius 3 is 2.14 bits per heavy atom. The number of nitrogens with zero attached hydrogens (tertiary/aromatic N) is 1. The van der Waals surface area contributed by atoms with Gasteiger partial charge in [-0.3, -0.25) is 10.1 Å².